The number of aromatic hydroxyl groups is 2. The summed E-state index contributed by atoms with van der Waals surface area (Å²) in [6, 6.07) is 10.2. The van der Waals surface area contributed by atoms with E-state index in [2.05, 4.69) is 29.3 Å². The number of hydrogen-bond donors (Lipinski definition) is 3. The zero-order valence-corrected chi connectivity index (χ0v) is 24.3. The number of ether oxygens (including phenoxy) is 2. The third-order valence-electron chi connectivity index (χ3n) is 7.11. The highest BCUT2D eigenvalue weighted by Crippen LogP contribution is 2.34. The Morgan fingerprint density at radius 3 is 2.27 bits per heavy atom. The van der Waals surface area contributed by atoms with Gasteiger partial charge in [-0.25, -0.2) is 0 Å². The first-order valence-corrected chi connectivity index (χ1v) is 13.2. The number of rotatable bonds is 15. The second kappa shape index (κ2) is 17.6. The van der Waals surface area contributed by atoms with Crippen LogP contribution in [0.4, 0.5) is 0 Å². The quantitative estimate of drug-likeness (QED) is 0.187. The Hall–Kier alpha value is -1.86. The number of nitrogens with one attached hydrogen (secondary N) is 1. The van der Waals surface area contributed by atoms with Crippen molar-refractivity contribution in [2.24, 2.45) is 0 Å². The van der Waals surface area contributed by atoms with Crippen LogP contribution in [-0.2, 0) is 19.3 Å². The van der Waals surface area contributed by atoms with Gasteiger partial charge in [0, 0.05) is 6.04 Å². The third-order valence-corrected chi connectivity index (χ3v) is 7.11. The summed E-state index contributed by atoms with van der Waals surface area (Å²) in [5, 5.41) is 23.3. The highest BCUT2D eigenvalue weighted by Gasteiger charge is 2.24. The van der Waals surface area contributed by atoms with Gasteiger partial charge in [-0.2, -0.15) is 0 Å². The molecule has 0 fully saturated rings. The van der Waals surface area contributed by atoms with Crippen molar-refractivity contribution in [3.05, 3.63) is 47.0 Å². The topological polar surface area (TPSA) is 74.2 Å². The van der Waals surface area contributed by atoms with E-state index in [9.17, 15) is 10.2 Å². The van der Waals surface area contributed by atoms with Crippen LogP contribution in [0.15, 0.2) is 30.3 Å². The van der Waals surface area contributed by atoms with E-state index in [1.165, 1.54) is 42.4 Å². The molecule has 37 heavy (non-hydrogen) atoms. The first-order valence-electron chi connectivity index (χ1n) is 13.2. The highest BCUT2D eigenvalue weighted by atomic mass is 35.5. The highest BCUT2D eigenvalue weighted by molar-refractivity contribution is 5.85. The number of phenolic OH excluding ortho intramolecular Hbond substituents is 2. The second-order valence-electron chi connectivity index (χ2n) is 9.65. The smallest absolute Gasteiger partial charge is 0.160 e. The number of nitrogens with zero attached hydrogens (tertiary/aromatic N) is 1. The first-order chi connectivity index (χ1) is 17.0. The molecule has 6 nitrogen and oxygen atoms in total. The maximum atomic E-state index is 9.90. The fourth-order valence-corrected chi connectivity index (χ4v) is 5.15. The van der Waals surface area contributed by atoms with Crippen LogP contribution >= 0.6 is 24.8 Å². The Labute approximate surface area is 235 Å². The van der Waals surface area contributed by atoms with Crippen molar-refractivity contribution in [2.75, 3.05) is 40.4 Å². The van der Waals surface area contributed by atoms with Crippen molar-refractivity contribution < 1.29 is 19.7 Å². The van der Waals surface area contributed by atoms with Gasteiger partial charge in [0.1, 0.15) is 0 Å². The number of aryl methyl sites for hydroxylation is 1. The fraction of sp³-hybridized carbons (Fsp3) is 0.586. The molecule has 3 rings (SSSR count). The molecule has 0 amide bonds. The summed E-state index contributed by atoms with van der Waals surface area (Å²) in [6.07, 6.45) is 10.2. The van der Waals surface area contributed by atoms with Gasteiger partial charge >= 0.3 is 0 Å². The van der Waals surface area contributed by atoms with Gasteiger partial charge in [0.15, 0.2) is 23.0 Å². The first kappa shape index (κ1) is 33.2. The molecule has 1 aliphatic rings. The van der Waals surface area contributed by atoms with Crippen molar-refractivity contribution in [1.29, 1.82) is 0 Å². The van der Waals surface area contributed by atoms with Gasteiger partial charge in [0.25, 0.3) is 0 Å². The van der Waals surface area contributed by atoms with Gasteiger partial charge in [-0.15, -0.1) is 24.8 Å². The van der Waals surface area contributed by atoms with Crippen LogP contribution < -0.4 is 14.8 Å². The van der Waals surface area contributed by atoms with Crippen molar-refractivity contribution in [3.63, 3.8) is 0 Å². The van der Waals surface area contributed by atoms with Crippen LogP contribution in [0.1, 0.15) is 62.1 Å². The summed E-state index contributed by atoms with van der Waals surface area (Å²) in [5.41, 5.74) is 3.63. The van der Waals surface area contributed by atoms with Gasteiger partial charge in [0.05, 0.1) is 14.2 Å². The van der Waals surface area contributed by atoms with E-state index in [-0.39, 0.29) is 36.3 Å². The summed E-state index contributed by atoms with van der Waals surface area (Å²) in [6.45, 7) is 6.55. The zero-order chi connectivity index (χ0) is 25.0. The van der Waals surface area contributed by atoms with Crippen molar-refractivity contribution in [3.8, 4) is 23.0 Å². The predicted octanol–water partition coefficient (Wildman–Crippen LogP) is 5.92. The Morgan fingerprint density at radius 2 is 1.57 bits per heavy atom. The Morgan fingerprint density at radius 1 is 0.865 bits per heavy atom. The van der Waals surface area contributed by atoms with E-state index in [0.29, 0.717) is 6.04 Å². The number of halogens is 2. The second-order valence-corrected chi connectivity index (χ2v) is 9.65. The lowest BCUT2D eigenvalue weighted by Crippen LogP contribution is -2.40. The molecule has 0 aliphatic heterocycles. The normalized spacial score (nSPS) is 14.4. The molecule has 1 atom stereocenters. The van der Waals surface area contributed by atoms with Gasteiger partial charge in [-0.05, 0) is 112 Å². The summed E-state index contributed by atoms with van der Waals surface area (Å²) in [4.78, 5) is 2.65. The van der Waals surface area contributed by atoms with Crippen LogP contribution in [0.2, 0.25) is 0 Å². The van der Waals surface area contributed by atoms with Crippen molar-refractivity contribution >= 4 is 24.8 Å². The molecule has 0 aromatic heterocycles. The molecule has 2 aromatic carbocycles. The summed E-state index contributed by atoms with van der Waals surface area (Å²) < 4.78 is 10.7. The molecule has 210 valence electrons. The number of hydrogen-bond acceptors (Lipinski definition) is 6. The van der Waals surface area contributed by atoms with Crippen LogP contribution in [0.3, 0.4) is 0 Å². The lowest BCUT2D eigenvalue weighted by Gasteiger charge is -2.35. The summed E-state index contributed by atoms with van der Waals surface area (Å²) in [7, 11) is 3.34. The third kappa shape index (κ3) is 10.1. The number of unbranched alkanes of at least 4 members (excludes halogenated alkanes) is 3. The van der Waals surface area contributed by atoms with E-state index >= 15 is 0 Å². The minimum Gasteiger partial charge on any atom is -0.504 e. The summed E-state index contributed by atoms with van der Waals surface area (Å²) in [5.74, 6) is 1.57. The molecule has 0 spiro atoms. The van der Waals surface area contributed by atoms with E-state index in [1.54, 1.807) is 26.4 Å². The molecular weight excluding hydrogens is 511 g/mol. The van der Waals surface area contributed by atoms with Gasteiger partial charge in [-0.3, -0.25) is 0 Å². The average molecular weight is 558 g/mol. The lowest BCUT2D eigenvalue weighted by molar-refractivity contribution is 0.176. The minimum absolute atomic E-state index is 0. The molecule has 3 N–H and O–H groups in total. The summed E-state index contributed by atoms with van der Waals surface area (Å²) >= 11 is 0. The van der Waals surface area contributed by atoms with Crippen molar-refractivity contribution in [2.45, 2.75) is 70.8 Å². The molecule has 0 bridgehead atoms. The van der Waals surface area contributed by atoms with Crippen molar-refractivity contribution in [1.82, 2.24) is 10.2 Å². The van der Waals surface area contributed by atoms with Crippen LogP contribution in [0, 0.1) is 0 Å². The Balaban J connectivity index is 0.00000342. The maximum Gasteiger partial charge on any atom is 0.160 e. The predicted molar refractivity (Wildman–Crippen MR) is 157 cm³/mol. The molecule has 0 saturated heterocycles. The molecule has 0 saturated carbocycles. The number of benzene rings is 2. The molecule has 2 aromatic rings. The van der Waals surface area contributed by atoms with E-state index in [4.69, 9.17) is 9.47 Å². The SMILES string of the molecule is CCCN(CCCCCCNCCc1ccc(OC)c(OC)c1)C1CCc2cc(O)c(O)cc2C1.Cl.Cl. The van der Waals surface area contributed by atoms with E-state index < -0.39 is 0 Å². The van der Waals surface area contributed by atoms with E-state index in [1.807, 2.05) is 6.07 Å². The van der Waals surface area contributed by atoms with Gasteiger partial charge in [-0.1, -0.05) is 25.8 Å². The Bertz CT molecular complexity index is 929. The standard InChI is InChI=1S/C29H44N2O4.2ClH/c1-4-16-31(25-11-10-23-20-26(32)27(33)21-24(23)19-25)17-8-6-5-7-14-30-15-13-22-9-12-28(34-2)29(18-22)35-3;;/h9,12,18,20-21,25,30,32-33H,4-8,10-11,13-17,19H2,1-3H3;2*1H. The zero-order valence-electron chi connectivity index (χ0n) is 22.6. The Kier molecular flexibility index (Phi) is 15.8. The lowest BCUT2D eigenvalue weighted by atomic mass is 9.87. The molecule has 1 unspecified atom stereocenters. The molecule has 0 heterocycles. The van der Waals surface area contributed by atoms with Crippen LogP contribution in [0.25, 0.3) is 0 Å². The van der Waals surface area contributed by atoms with Gasteiger partial charge in [0.2, 0.25) is 0 Å². The molecule has 1 aliphatic carbocycles. The molecule has 8 heteroatoms. The van der Waals surface area contributed by atoms with Crippen LogP contribution in [-0.4, -0.2) is 61.6 Å². The molecule has 0 radical (unpaired) electrons. The minimum atomic E-state index is 0. The largest absolute Gasteiger partial charge is 0.504 e. The number of methoxy groups -OCH3 is 2. The monoisotopic (exact) mass is 556 g/mol. The van der Waals surface area contributed by atoms with E-state index in [0.717, 1.165) is 69.8 Å². The number of phenols is 2. The molecular formula is C29H46Cl2N2O4. The average Bonchev–Trinajstić information content (AvgIpc) is 2.87. The fourth-order valence-electron chi connectivity index (χ4n) is 5.15. The maximum absolute atomic E-state index is 9.90. The van der Waals surface area contributed by atoms with Crippen LogP contribution in [0.5, 0.6) is 23.0 Å². The van der Waals surface area contributed by atoms with Gasteiger partial charge < -0.3 is 29.9 Å². The number of fused-ring (bicyclic) bond motifs is 1.